The normalized spacial score (nSPS) is 12.8. The van der Waals surface area contributed by atoms with Crippen LogP contribution in [0.3, 0.4) is 0 Å². The van der Waals surface area contributed by atoms with E-state index < -0.39 is 0 Å². The zero-order valence-corrected chi connectivity index (χ0v) is 14.3. The first-order valence-corrected chi connectivity index (χ1v) is 8.32. The van der Waals surface area contributed by atoms with Crippen molar-refractivity contribution in [1.82, 2.24) is 9.78 Å². The van der Waals surface area contributed by atoms with Crippen molar-refractivity contribution in [3.05, 3.63) is 58.6 Å². The van der Waals surface area contributed by atoms with Crippen LogP contribution in [0.5, 0.6) is 5.75 Å². The average molecular weight is 370 g/mol. The number of hydrogen-bond acceptors (Lipinski definition) is 3. The van der Waals surface area contributed by atoms with E-state index in [1.165, 1.54) is 5.56 Å². The van der Waals surface area contributed by atoms with Crippen LogP contribution in [-0.2, 0) is 6.42 Å². The lowest BCUT2D eigenvalue weighted by Crippen LogP contribution is -2.04. The van der Waals surface area contributed by atoms with E-state index in [4.69, 9.17) is 9.84 Å². The van der Waals surface area contributed by atoms with Crippen LogP contribution in [0.15, 0.2) is 53.0 Å². The highest BCUT2D eigenvalue weighted by Gasteiger charge is 2.23. The summed E-state index contributed by atoms with van der Waals surface area (Å²) in [6.45, 7) is 0.949. The van der Waals surface area contributed by atoms with E-state index in [1.807, 2.05) is 41.1 Å². The summed E-state index contributed by atoms with van der Waals surface area (Å²) in [6, 6.07) is 16.2. The highest BCUT2D eigenvalue weighted by atomic mass is 79.9. The van der Waals surface area contributed by atoms with Crippen molar-refractivity contribution in [1.29, 1.82) is 0 Å². The summed E-state index contributed by atoms with van der Waals surface area (Å²) in [5.74, 6) is 1.93. The molecule has 0 aliphatic carbocycles. The van der Waals surface area contributed by atoms with Crippen LogP contribution in [0.4, 0.5) is 5.82 Å². The Morgan fingerprint density at radius 2 is 2.00 bits per heavy atom. The minimum Gasteiger partial charge on any atom is -0.497 e. The van der Waals surface area contributed by atoms with Gasteiger partial charge in [-0.05, 0) is 42.8 Å². The van der Waals surface area contributed by atoms with Gasteiger partial charge in [-0.15, -0.1) is 0 Å². The molecule has 2 aromatic carbocycles. The summed E-state index contributed by atoms with van der Waals surface area (Å²) >= 11 is 3.54. The largest absolute Gasteiger partial charge is 0.497 e. The van der Waals surface area contributed by atoms with Crippen LogP contribution >= 0.6 is 15.9 Å². The lowest BCUT2D eigenvalue weighted by Gasteiger charge is -2.07. The van der Waals surface area contributed by atoms with Crippen molar-refractivity contribution in [3.8, 4) is 22.7 Å². The minimum absolute atomic E-state index is 0.845. The molecule has 4 rings (SSSR count). The highest BCUT2D eigenvalue weighted by Crippen LogP contribution is 2.35. The number of rotatable bonds is 3. The van der Waals surface area contributed by atoms with Crippen LogP contribution in [0.2, 0.25) is 0 Å². The predicted octanol–water partition coefficient (Wildman–Crippen LogP) is 4.28. The first kappa shape index (κ1) is 14.3. The van der Waals surface area contributed by atoms with E-state index in [-0.39, 0.29) is 0 Å². The van der Waals surface area contributed by atoms with Crippen molar-refractivity contribution in [2.75, 3.05) is 19.0 Å². The van der Waals surface area contributed by atoms with E-state index >= 15 is 0 Å². The Labute approximate surface area is 143 Å². The van der Waals surface area contributed by atoms with Gasteiger partial charge in [-0.2, -0.15) is 5.10 Å². The lowest BCUT2D eigenvalue weighted by molar-refractivity contribution is 0.414. The number of hydrogen-bond donors (Lipinski definition) is 1. The van der Waals surface area contributed by atoms with Gasteiger partial charge in [-0.25, -0.2) is 4.68 Å². The van der Waals surface area contributed by atoms with Gasteiger partial charge in [0, 0.05) is 22.1 Å². The van der Waals surface area contributed by atoms with Crippen molar-refractivity contribution in [2.45, 2.75) is 6.42 Å². The number of nitrogens with zero attached hydrogens (tertiary/aromatic N) is 2. The molecule has 1 aromatic heterocycles. The number of nitrogens with one attached hydrogen (secondary N) is 1. The number of anilines is 1. The Morgan fingerprint density at radius 1 is 1.17 bits per heavy atom. The molecule has 2 heterocycles. The Morgan fingerprint density at radius 3 is 2.74 bits per heavy atom. The van der Waals surface area contributed by atoms with Crippen LogP contribution < -0.4 is 10.1 Å². The molecule has 0 fully saturated rings. The third-order valence-electron chi connectivity index (χ3n) is 4.07. The third-order valence-corrected chi connectivity index (χ3v) is 4.56. The Kier molecular flexibility index (Phi) is 3.58. The van der Waals surface area contributed by atoms with Crippen LogP contribution in [0.1, 0.15) is 5.56 Å². The van der Waals surface area contributed by atoms with Gasteiger partial charge in [0.1, 0.15) is 11.6 Å². The predicted molar refractivity (Wildman–Crippen MR) is 95.4 cm³/mol. The second-order valence-corrected chi connectivity index (χ2v) is 6.39. The molecule has 5 heteroatoms. The van der Waals surface area contributed by atoms with E-state index in [0.717, 1.165) is 46.0 Å². The summed E-state index contributed by atoms with van der Waals surface area (Å²) < 4.78 is 8.28. The Balaban J connectivity index is 1.84. The molecule has 0 saturated carbocycles. The molecule has 1 N–H and O–H groups in total. The van der Waals surface area contributed by atoms with Gasteiger partial charge in [0.15, 0.2) is 0 Å². The van der Waals surface area contributed by atoms with Gasteiger partial charge in [0.25, 0.3) is 0 Å². The number of benzene rings is 2. The summed E-state index contributed by atoms with van der Waals surface area (Å²) in [6.07, 6.45) is 0.993. The van der Waals surface area contributed by atoms with Crippen LogP contribution in [-0.4, -0.2) is 23.4 Å². The number of ether oxygens (including phenoxy) is 1. The zero-order valence-electron chi connectivity index (χ0n) is 12.7. The highest BCUT2D eigenvalue weighted by molar-refractivity contribution is 9.10. The molecule has 23 heavy (non-hydrogen) atoms. The quantitative estimate of drug-likeness (QED) is 0.748. The third kappa shape index (κ3) is 2.51. The topological polar surface area (TPSA) is 39.1 Å². The molecule has 0 atom stereocenters. The molecule has 0 amide bonds. The van der Waals surface area contributed by atoms with Gasteiger partial charge in [0.2, 0.25) is 0 Å². The number of halogens is 1. The number of fused-ring (bicyclic) bond motifs is 1. The summed E-state index contributed by atoms with van der Waals surface area (Å²) in [7, 11) is 1.67. The van der Waals surface area contributed by atoms with E-state index in [2.05, 4.69) is 33.4 Å². The van der Waals surface area contributed by atoms with Gasteiger partial charge < -0.3 is 10.1 Å². The summed E-state index contributed by atoms with van der Waals surface area (Å²) in [5, 5.41) is 8.32. The fourth-order valence-electron chi connectivity index (χ4n) is 2.95. The van der Waals surface area contributed by atoms with Crippen LogP contribution in [0, 0.1) is 0 Å². The molecule has 0 radical (unpaired) electrons. The maximum absolute atomic E-state index is 5.23. The maximum atomic E-state index is 5.23. The lowest BCUT2D eigenvalue weighted by atomic mass is 10.1. The van der Waals surface area contributed by atoms with Crippen molar-refractivity contribution in [2.24, 2.45) is 0 Å². The maximum Gasteiger partial charge on any atom is 0.133 e. The molecule has 1 aliphatic heterocycles. The standard InChI is InChI=1S/C18H16BrN3O/c1-23-15-7-5-14(6-8-15)22-18-16(9-10-20-18)17(21-22)12-3-2-4-13(19)11-12/h2-8,11,20H,9-10H2,1H3. The summed E-state index contributed by atoms with van der Waals surface area (Å²) in [4.78, 5) is 0. The first-order chi connectivity index (χ1) is 11.3. The molecule has 1 aliphatic rings. The Hall–Kier alpha value is -2.27. The van der Waals surface area contributed by atoms with E-state index in [0.29, 0.717) is 0 Å². The molecule has 0 bridgehead atoms. The van der Waals surface area contributed by atoms with E-state index in [1.54, 1.807) is 7.11 Å². The zero-order chi connectivity index (χ0) is 15.8. The first-order valence-electron chi connectivity index (χ1n) is 7.52. The van der Waals surface area contributed by atoms with Gasteiger partial charge in [-0.3, -0.25) is 0 Å². The van der Waals surface area contributed by atoms with Crippen LogP contribution in [0.25, 0.3) is 16.9 Å². The van der Waals surface area contributed by atoms with Gasteiger partial charge in [0.05, 0.1) is 18.5 Å². The number of aromatic nitrogens is 2. The molecule has 0 unspecified atom stereocenters. The molecule has 3 aromatic rings. The molecule has 0 spiro atoms. The monoisotopic (exact) mass is 369 g/mol. The summed E-state index contributed by atoms with van der Waals surface area (Å²) in [5.41, 5.74) is 4.48. The van der Waals surface area contributed by atoms with Gasteiger partial charge >= 0.3 is 0 Å². The van der Waals surface area contributed by atoms with Crippen molar-refractivity contribution < 1.29 is 4.74 Å². The molecule has 0 saturated heterocycles. The fourth-order valence-corrected chi connectivity index (χ4v) is 3.35. The molecule has 116 valence electrons. The minimum atomic E-state index is 0.845. The smallest absolute Gasteiger partial charge is 0.133 e. The molecular formula is C18H16BrN3O. The SMILES string of the molecule is COc1ccc(-n2nc(-c3cccc(Br)c3)c3c2NCC3)cc1. The van der Waals surface area contributed by atoms with Crippen molar-refractivity contribution in [3.63, 3.8) is 0 Å². The second kappa shape index (κ2) is 5.74. The fraction of sp³-hybridized carbons (Fsp3) is 0.167. The van der Waals surface area contributed by atoms with E-state index in [9.17, 15) is 0 Å². The molecular weight excluding hydrogens is 354 g/mol. The Bertz CT molecular complexity index is 855. The van der Waals surface area contributed by atoms with Crippen molar-refractivity contribution >= 4 is 21.7 Å². The second-order valence-electron chi connectivity index (χ2n) is 5.47. The molecule has 4 nitrogen and oxygen atoms in total. The van der Waals surface area contributed by atoms with Gasteiger partial charge in [-0.1, -0.05) is 28.1 Å². The average Bonchev–Trinajstić information content (AvgIpc) is 3.17. The number of methoxy groups -OCH3 is 1.